The molecule has 0 saturated carbocycles. The van der Waals surface area contributed by atoms with E-state index in [9.17, 15) is 10.1 Å². The molecular formula is C14H18N4O2. The van der Waals surface area contributed by atoms with Crippen molar-refractivity contribution >= 4 is 11.4 Å². The lowest BCUT2D eigenvalue weighted by atomic mass is 9.94. The third-order valence-corrected chi connectivity index (χ3v) is 3.90. The van der Waals surface area contributed by atoms with E-state index in [0.717, 1.165) is 19.3 Å². The molecule has 1 heterocycles. The van der Waals surface area contributed by atoms with Crippen LogP contribution in [0.5, 0.6) is 0 Å². The molecule has 0 amide bonds. The largest absolute Gasteiger partial charge is 0.359 e. The van der Waals surface area contributed by atoms with Crippen LogP contribution in [0.3, 0.4) is 0 Å². The molecule has 0 spiro atoms. The average molecular weight is 274 g/mol. The highest BCUT2D eigenvalue weighted by atomic mass is 16.6. The first kappa shape index (κ1) is 14.3. The first-order valence-electron chi connectivity index (χ1n) is 6.76. The zero-order valence-electron chi connectivity index (χ0n) is 11.5. The van der Waals surface area contributed by atoms with Crippen LogP contribution in [0.4, 0.5) is 11.4 Å². The maximum Gasteiger partial charge on any atom is 0.310 e. The average Bonchev–Trinajstić information content (AvgIpc) is 2.45. The number of hydrogen-bond acceptors (Lipinski definition) is 5. The molecule has 2 rings (SSSR count). The minimum absolute atomic E-state index is 0.0893. The molecule has 6 heteroatoms. The summed E-state index contributed by atoms with van der Waals surface area (Å²) in [5, 5.41) is 20.4. The Balaban J connectivity index is 2.55. The number of nitro benzene ring substituents is 1. The van der Waals surface area contributed by atoms with E-state index >= 15 is 0 Å². The van der Waals surface area contributed by atoms with Gasteiger partial charge in [-0.2, -0.15) is 5.26 Å². The summed E-state index contributed by atoms with van der Waals surface area (Å²) < 4.78 is 0. The Bertz CT molecular complexity index is 553. The van der Waals surface area contributed by atoms with Gasteiger partial charge in [0.1, 0.15) is 17.3 Å². The highest BCUT2D eigenvalue weighted by molar-refractivity contribution is 5.70. The quantitative estimate of drug-likeness (QED) is 0.673. The van der Waals surface area contributed by atoms with Crippen molar-refractivity contribution in [2.45, 2.75) is 38.3 Å². The number of anilines is 1. The van der Waals surface area contributed by atoms with Crippen LogP contribution in [0.2, 0.25) is 0 Å². The molecule has 0 aromatic heterocycles. The van der Waals surface area contributed by atoms with Gasteiger partial charge in [0.15, 0.2) is 0 Å². The van der Waals surface area contributed by atoms with Gasteiger partial charge in [0.2, 0.25) is 0 Å². The van der Waals surface area contributed by atoms with E-state index in [-0.39, 0.29) is 23.3 Å². The van der Waals surface area contributed by atoms with Gasteiger partial charge >= 0.3 is 5.69 Å². The number of para-hydroxylation sites is 1. The van der Waals surface area contributed by atoms with Crippen LogP contribution in [-0.2, 0) is 0 Å². The van der Waals surface area contributed by atoms with Crippen LogP contribution in [0.1, 0.15) is 31.7 Å². The monoisotopic (exact) mass is 274 g/mol. The normalized spacial score (nSPS) is 22.4. The fourth-order valence-corrected chi connectivity index (χ4v) is 2.97. The molecule has 1 aromatic carbocycles. The number of nitrogens with zero attached hydrogens (tertiary/aromatic N) is 3. The number of benzene rings is 1. The summed E-state index contributed by atoms with van der Waals surface area (Å²) in [5.74, 6) is 0. The Morgan fingerprint density at radius 2 is 2.30 bits per heavy atom. The standard InChI is InChI=1S/C14H18N4O2/c1-10-4-2-6-12(9-16)17(10)13-7-3-5-11(8-15)14(13)18(19)20/h3,5,7,10,12H,2,4,6,9,16H2,1H3. The topological polar surface area (TPSA) is 96.2 Å². The van der Waals surface area contributed by atoms with Gasteiger partial charge in [-0.25, -0.2) is 0 Å². The molecular weight excluding hydrogens is 256 g/mol. The molecule has 2 unspecified atom stereocenters. The number of nitro groups is 1. The van der Waals surface area contributed by atoms with Crippen molar-refractivity contribution in [1.29, 1.82) is 5.26 Å². The van der Waals surface area contributed by atoms with Crippen LogP contribution in [-0.4, -0.2) is 23.6 Å². The number of piperidine rings is 1. The minimum atomic E-state index is -0.469. The van der Waals surface area contributed by atoms with Gasteiger partial charge in [0.25, 0.3) is 0 Å². The van der Waals surface area contributed by atoms with Crippen molar-refractivity contribution in [3.63, 3.8) is 0 Å². The van der Waals surface area contributed by atoms with Crippen LogP contribution in [0, 0.1) is 21.4 Å². The van der Waals surface area contributed by atoms with Gasteiger partial charge in [-0.3, -0.25) is 10.1 Å². The molecule has 0 aliphatic carbocycles. The lowest BCUT2D eigenvalue weighted by Crippen LogP contribution is -2.49. The number of rotatable bonds is 3. The summed E-state index contributed by atoms with van der Waals surface area (Å²) in [4.78, 5) is 12.9. The molecule has 2 N–H and O–H groups in total. The third-order valence-electron chi connectivity index (χ3n) is 3.90. The van der Waals surface area contributed by atoms with Crippen molar-refractivity contribution in [2.75, 3.05) is 11.4 Å². The first-order valence-corrected chi connectivity index (χ1v) is 6.76. The Labute approximate surface area is 117 Å². The highest BCUT2D eigenvalue weighted by Crippen LogP contribution is 2.37. The molecule has 106 valence electrons. The Morgan fingerprint density at radius 3 is 2.90 bits per heavy atom. The van der Waals surface area contributed by atoms with E-state index in [1.165, 1.54) is 6.07 Å². The van der Waals surface area contributed by atoms with Crippen LogP contribution >= 0.6 is 0 Å². The maximum absolute atomic E-state index is 11.3. The second kappa shape index (κ2) is 5.88. The van der Waals surface area contributed by atoms with E-state index in [1.54, 1.807) is 12.1 Å². The molecule has 1 aliphatic rings. The van der Waals surface area contributed by atoms with E-state index < -0.39 is 4.92 Å². The second-order valence-corrected chi connectivity index (χ2v) is 5.12. The predicted octanol–water partition coefficient (Wildman–Crippen LogP) is 2.17. The fraction of sp³-hybridized carbons (Fsp3) is 0.500. The fourth-order valence-electron chi connectivity index (χ4n) is 2.97. The van der Waals surface area contributed by atoms with E-state index in [0.29, 0.717) is 12.2 Å². The smallest absolute Gasteiger partial charge is 0.310 e. The molecule has 1 fully saturated rings. The van der Waals surface area contributed by atoms with Crippen LogP contribution in [0.15, 0.2) is 18.2 Å². The van der Waals surface area contributed by atoms with Gasteiger partial charge < -0.3 is 10.6 Å². The zero-order valence-corrected chi connectivity index (χ0v) is 11.5. The molecule has 20 heavy (non-hydrogen) atoms. The van der Waals surface area contributed by atoms with Gasteiger partial charge in [-0.15, -0.1) is 0 Å². The third kappa shape index (κ3) is 2.45. The number of nitriles is 1. The molecule has 6 nitrogen and oxygen atoms in total. The lowest BCUT2D eigenvalue weighted by Gasteiger charge is -2.41. The molecule has 0 bridgehead atoms. The van der Waals surface area contributed by atoms with Gasteiger partial charge in [-0.05, 0) is 38.3 Å². The molecule has 0 radical (unpaired) electrons. The highest BCUT2D eigenvalue weighted by Gasteiger charge is 2.33. The van der Waals surface area contributed by atoms with E-state index in [4.69, 9.17) is 11.0 Å². The summed E-state index contributed by atoms with van der Waals surface area (Å²) in [6, 6.07) is 7.06. The van der Waals surface area contributed by atoms with E-state index in [2.05, 4.69) is 0 Å². The Hall–Kier alpha value is -2.13. The van der Waals surface area contributed by atoms with E-state index in [1.807, 2.05) is 17.9 Å². The SMILES string of the molecule is CC1CCCC(CN)N1c1cccc(C#N)c1[N+](=O)[O-]. The van der Waals surface area contributed by atoms with Crippen molar-refractivity contribution in [3.05, 3.63) is 33.9 Å². The van der Waals surface area contributed by atoms with Crippen LogP contribution < -0.4 is 10.6 Å². The predicted molar refractivity (Wildman–Crippen MR) is 76.4 cm³/mol. The molecule has 1 aliphatic heterocycles. The Kier molecular flexibility index (Phi) is 4.20. The van der Waals surface area contributed by atoms with Gasteiger partial charge in [0, 0.05) is 18.6 Å². The van der Waals surface area contributed by atoms with Crippen molar-refractivity contribution in [1.82, 2.24) is 0 Å². The molecule has 2 atom stereocenters. The molecule has 1 saturated heterocycles. The minimum Gasteiger partial charge on any atom is -0.359 e. The summed E-state index contributed by atoms with van der Waals surface area (Å²) in [7, 11) is 0. The Morgan fingerprint density at radius 1 is 1.55 bits per heavy atom. The summed E-state index contributed by atoms with van der Waals surface area (Å²) in [6.45, 7) is 2.50. The summed E-state index contributed by atoms with van der Waals surface area (Å²) >= 11 is 0. The summed E-state index contributed by atoms with van der Waals surface area (Å²) in [6.07, 6.45) is 2.98. The number of hydrogen-bond donors (Lipinski definition) is 1. The van der Waals surface area contributed by atoms with Crippen molar-refractivity contribution in [3.8, 4) is 6.07 Å². The summed E-state index contributed by atoms with van der Waals surface area (Å²) in [5.41, 5.74) is 6.31. The number of nitrogens with two attached hydrogens (primary N) is 1. The maximum atomic E-state index is 11.3. The van der Waals surface area contributed by atoms with Gasteiger partial charge in [-0.1, -0.05) is 6.07 Å². The van der Waals surface area contributed by atoms with Gasteiger partial charge in [0.05, 0.1) is 4.92 Å². The lowest BCUT2D eigenvalue weighted by molar-refractivity contribution is -0.384. The van der Waals surface area contributed by atoms with Crippen LogP contribution in [0.25, 0.3) is 0 Å². The van der Waals surface area contributed by atoms with Crippen molar-refractivity contribution in [2.24, 2.45) is 5.73 Å². The molecule has 1 aromatic rings. The van der Waals surface area contributed by atoms with Crippen molar-refractivity contribution < 1.29 is 4.92 Å². The first-order chi connectivity index (χ1) is 9.60. The zero-order chi connectivity index (χ0) is 14.7. The second-order valence-electron chi connectivity index (χ2n) is 5.12.